The summed E-state index contributed by atoms with van der Waals surface area (Å²) in [5, 5.41) is 9.39. The Labute approximate surface area is 96.8 Å². The largest absolute Gasteiger partial charge is 0.401 e. The molecule has 16 heavy (non-hydrogen) atoms. The van der Waals surface area contributed by atoms with Crippen molar-refractivity contribution in [2.75, 3.05) is 0 Å². The van der Waals surface area contributed by atoms with E-state index in [4.69, 9.17) is 5.73 Å². The van der Waals surface area contributed by atoms with Crippen molar-refractivity contribution in [2.45, 2.75) is 44.9 Å². The van der Waals surface area contributed by atoms with E-state index in [2.05, 4.69) is 18.2 Å². The first-order chi connectivity index (χ1) is 7.74. The van der Waals surface area contributed by atoms with Crippen molar-refractivity contribution >= 4 is 0 Å². The maximum atomic E-state index is 9.39. The number of allylic oxidation sites excluding steroid dienone is 4. The Hall–Kier alpha value is -1.23. The summed E-state index contributed by atoms with van der Waals surface area (Å²) in [6.45, 7) is 0. The summed E-state index contributed by atoms with van der Waals surface area (Å²) in [5.74, 6) is 0. The van der Waals surface area contributed by atoms with Gasteiger partial charge in [-0.1, -0.05) is 25.0 Å². The smallest absolute Gasteiger partial charge is 0.0971 e. The Bertz CT molecular complexity index is 427. The first kappa shape index (κ1) is 9.96. The Morgan fingerprint density at radius 2 is 1.94 bits per heavy atom. The summed E-state index contributed by atoms with van der Waals surface area (Å²) in [6.07, 6.45) is 12.7. The molecule has 0 aliphatic heterocycles. The molecule has 0 radical (unpaired) electrons. The van der Waals surface area contributed by atoms with E-state index in [0.29, 0.717) is 5.41 Å². The van der Waals surface area contributed by atoms with Gasteiger partial charge < -0.3 is 5.73 Å². The van der Waals surface area contributed by atoms with E-state index in [9.17, 15) is 5.26 Å². The van der Waals surface area contributed by atoms with Gasteiger partial charge in [-0.3, -0.25) is 0 Å². The first-order valence-electron chi connectivity index (χ1n) is 6.28. The summed E-state index contributed by atoms with van der Waals surface area (Å²) < 4.78 is 0. The van der Waals surface area contributed by atoms with Crippen LogP contribution in [0.2, 0.25) is 0 Å². The molecule has 0 aromatic rings. The minimum atomic E-state index is 0.110. The second-order valence-electron chi connectivity index (χ2n) is 5.64. The molecule has 2 nitrogen and oxygen atoms in total. The van der Waals surface area contributed by atoms with Crippen molar-refractivity contribution in [1.82, 2.24) is 0 Å². The molecule has 0 amide bonds. The zero-order chi connectivity index (χ0) is 11.2. The third-order valence-electron chi connectivity index (χ3n) is 5.11. The van der Waals surface area contributed by atoms with E-state index in [1.807, 2.05) is 0 Å². The molecule has 0 spiro atoms. The molecule has 2 N–H and O–H groups in total. The molecule has 0 saturated heterocycles. The Morgan fingerprint density at radius 1 is 1.19 bits per heavy atom. The van der Waals surface area contributed by atoms with Gasteiger partial charge in [-0.05, 0) is 37.5 Å². The molecule has 0 heterocycles. The zero-order valence-electron chi connectivity index (χ0n) is 9.63. The lowest BCUT2D eigenvalue weighted by molar-refractivity contribution is 0.0343. The highest BCUT2D eigenvalue weighted by Crippen LogP contribution is 2.67. The van der Waals surface area contributed by atoms with Crippen molar-refractivity contribution in [2.24, 2.45) is 16.6 Å². The third-order valence-corrected chi connectivity index (χ3v) is 5.11. The molecule has 2 heteroatoms. The van der Waals surface area contributed by atoms with Crippen molar-refractivity contribution in [1.29, 1.82) is 5.26 Å². The lowest BCUT2D eigenvalue weighted by Gasteiger charge is -2.51. The Balaban J connectivity index is 2.16. The molecular formula is C14H18N2. The van der Waals surface area contributed by atoms with Crippen molar-refractivity contribution in [3.8, 4) is 6.07 Å². The predicted molar refractivity (Wildman–Crippen MR) is 63.2 cm³/mol. The van der Waals surface area contributed by atoms with Crippen molar-refractivity contribution in [3.05, 3.63) is 23.4 Å². The van der Waals surface area contributed by atoms with E-state index in [1.54, 1.807) is 0 Å². The summed E-state index contributed by atoms with van der Waals surface area (Å²) in [4.78, 5) is 0. The molecule has 84 valence electrons. The normalized spacial score (nSPS) is 41.4. The maximum Gasteiger partial charge on any atom is 0.0971 e. The predicted octanol–water partition coefficient (Wildman–Crippen LogP) is 3.02. The molecule has 0 bridgehead atoms. The SMILES string of the molecule is N#CC1=C(N)C[C@@]23CC=CC[C@]12CCCC3. The number of nitriles is 1. The molecule has 1 fully saturated rings. The average Bonchev–Trinajstić information content (AvgIpc) is 2.56. The van der Waals surface area contributed by atoms with Gasteiger partial charge in [0.05, 0.1) is 11.6 Å². The topological polar surface area (TPSA) is 49.8 Å². The van der Waals surface area contributed by atoms with Crippen molar-refractivity contribution < 1.29 is 0 Å². The molecule has 0 aromatic heterocycles. The quantitative estimate of drug-likeness (QED) is 0.630. The lowest BCUT2D eigenvalue weighted by atomic mass is 9.51. The van der Waals surface area contributed by atoms with Gasteiger partial charge in [0, 0.05) is 11.1 Å². The van der Waals surface area contributed by atoms with Crippen LogP contribution in [0.15, 0.2) is 23.4 Å². The van der Waals surface area contributed by atoms with E-state index in [-0.39, 0.29) is 5.41 Å². The van der Waals surface area contributed by atoms with Crippen LogP contribution in [0.3, 0.4) is 0 Å². The van der Waals surface area contributed by atoms with Crippen LogP contribution in [-0.2, 0) is 0 Å². The number of hydrogen-bond acceptors (Lipinski definition) is 2. The summed E-state index contributed by atoms with van der Waals surface area (Å²) in [7, 11) is 0. The standard InChI is InChI=1S/C14H18N2/c15-10-11-12(16)9-13-5-1-3-7-14(11,13)8-4-2-6-13/h1,3H,2,4-9,16H2/t13-,14-/m0/s1. The van der Waals surface area contributed by atoms with Crippen LogP contribution in [0.25, 0.3) is 0 Å². The second kappa shape index (κ2) is 3.13. The minimum absolute atomic E-state index is 0.110. The molecule has 2 atom stereocenters. The van der Waals surface area contributed by atoms with Gasteiger partial charge in [0.15, 0.2) is 0 Å². The van der Waals surface area contributed by atoms with Gasteiger partial charge in [0.1, 0.15) is 0 Å². The van der Waals surface area contributed by atoms with Crippen LogP contribution >= 0.6 is 0 Å². The number of hydrogen-bond donors (Lipinski definition) is 1. The number of nitrogens with two attached hydrogens (primary N) is 1. The molecule has 3 aliphatic carbocycles. The van der Waals surface area contributed by atoms with Crippen LogP contribution in [0.4, 0.5) is 0 Å². The summed E-state index contributed by atoms with van der Waals surface area (Å²) in [6, 6.07) is 2.42. The van der Waals surface area contributed by atoms with Crippen LogP contribution in [0.5, 0.6) is 0 Å². The molecule has 3 rings (SSSR count). The number of nitrogens with zero attached hydrogens (tertiary/aromatic N) is 1. The summed E-state index contributed by atoms with van der Waals surface area (Å²) >= 11 is 0. The van der Waals surface area contributed by atoms with Crippen LogP contribution in [0.1, 0.15) is 44.9 Å². The van der Waals surface area contributed by atoms with E-state index in [1.165, 1.54) is 25.7 Å². The van der Waals surface area contributed by atoms with Crippen LogP contribution in [-0.4, -0.2) is 0 Å². The molecular weight excluding hydrogens is 196 g/mol. The minimum Gasteiger partial charge on any atom is -0.401 e. The lowest BCUT2D eigenvalue weighted by Crippen LogP contribution is -2.43. The van der Waals surface area contributed by atoms with E-state index in [0.717, 1.165) is 30.5 Å². The highest BCUT2D eigenvalue weighted by atomic mass is 14.7. The third kappa shape index (κ3) is 0.967. The van der Waals surface area contributed by atoms with Gasteiger partial charge in [-0.2, -0.15) is 5.26 Å². The summed E-state index contributed by atoms with van der Waals surface area (Å²) in [5.41, 5.74) is 8.35. The van der Waals surface area contributed by atoms with Crippen LogP contribution < -0.4 is 5.73 Å². The highest BCUT2D eigenvalue weighted by Gasteiger charge is 2.59. The monoisotopic (exact) mass is 214 g/mol. The second-order valence-corrected chi connectivity index (χ2v) is 5.64. The number of rotatable bonds is 0. The Kier molecular flexibility index (Phi) is 1.95. The highest BCUT2D eigenvalue weighted by molar-refractivity contribution is 5.44. The van der Waals surface area contributed by atoms with Crippen molar-refractivity contribution in [3.63, 3.8) is 0 Å². The molecule has 1 saturated carbocycles. The Morgan fingerprint density at radius 3 is 2.75 bits per heavy atom. The molecule has 3 aliphatic rings. The molecule has 0 unspecified atom stereocenters. The average molecular weight is 214 g/mol. The first-order valence-corrected chi connectivity index (χ1v) is 6.28. The van der Waals surface area contributed by atoms with Gasteiger partial charge in [-0.25, -0.2) is 0 Å². The van der Waals surface area contributed by atoms with Gasteiger partial charge in [0.2, 0.25) is 0 Å². The van der Waals surface area contributed by atoms with Gasteiger partial charge >= 0.3 is 0 Å². The van der Waals surface area contributed by atoms with Gasteiger partial charge in [-0.15, -0.1) is 0 Å². The maximum absolute atomic E-state index is 9.39. The fourth-order valence-corrected chi connectivity index (χ4v) is 4.37. The molecule has 0 aromatic carbocycles. The fraction of sp³-hybridized carbons (Fsp3) is 0.643. The van der Waals surface area contributed by atoms with E-state index >= 15 is 0 Å². The zero-order valence-corrected chi connectivity index (χ0v) is 9.63. The van der Waals surface area contributed by atoms with E-state index < -0.39 is 0 Å². The van der Waals surface area contributed by atoms with Crippen LogP contribution in [0, 0.1) is 22.2 Å². The van der Waals surface area contributed by atoms with Gasteiger partial charge in [0.25, 0.3) is 0 Å². The fourth-order valence-electron chi connectivity index (χ4n) is 4.37.